The Balaban J connectivity index is 2.61. The van der Waals surface area contributed by atoms with Crippen LogP contribution in [0.15, 0.2) is 41.6 Å². The van der Waals surface area contributed by atoms with Gasteiger partial charge < -0.3 is 5.11 Å². The first-order chi connectivity index (χ1) is 9.34. The highest BCUT2D eigenvalue weighted by atomic mass is 32.2. The van der Waals surface area contributed by atoms with Gasteiger partial charge in [-0.15, -0.1) is 0 Å². The molecule has 0 fully saturated rings. The lowest BCUT2D eigenvalue weighted by atomic mass is 10.3. The topological polar surface area (TPSA) is 89.3 Å². The van der Waals surface area contributed by atoms with Gasteiger partial charge in [0.15, 0.2) is 0 Å². The van der Waals surface area contributed by atoms with Crippen molar-refractivity contribution in [1.29, 1.82) is 0 Å². The highest BCUT2D eigenvalue weighted by Crippen LogP contribution is 2.24. The molecule has 1 heterocycles. The lowest BCUT2D eigenvalue weighted by Gasteiger charge is -2.09. The number of sulfone groups is 1. The first-order valence-electron chi connectivity index (χ1n) is 5.23. The smallest absolute Gasteiger partial charge is 0.341 e. The molecular weight excluding hydrogens is 294 g/mol. The summed E-state index contributed by atoms with van der Waals surface area (Å²) < 4.78 is 49.3. The Kier molecular flexibility index (Phi) is 3.53. The van der Waals surface area contributed by atoms with E-state index in [9.17, 15) is 22.0 Å². The van der Waals surface area contributed by atoms with Crippen molar-refractivity contribution >= 4 is 15.8 Å². The van der Waals surface area contributed by atoms with Crippen LogP contribution in [0, 0.1) is 0 Å². The molecule has 0 bridgehead atoms. The van der Waals surface area contributed by atoms with Gasteiger partial charge in [-0.2, -0.15) is 13.9 Å². The highest BCUT2D eigenvalue weighted by molar-refractivity contribution is 7.91. The fraction of sp³-hybridized carbons (Fsp3) is 0.0909. The first kappa shape index (κ1) is 14.1. The van der Waals surface area contributed by atoms with Crippen LogP contribution < -0.4 is 0 Å². The molecule has 0 amide bonds. The summed E-state index contributed by atoms with van der Waals surface area (Å²) in [6.07, 6.45) is 2.04. The van der Waals surface area contributed by atoms with Crippen LogP contribution in [0.2, 0.25) is 0 Å². The lowest BCUT2D eigenvalue weighted by Crippen LogP contribution is -2.14. The maximum absolute atomic E-state index is 12.6. The summed E-state index contributed by atoms with van der Waals surface area (Å²) in [6, 6.07) is 5.00. The Morgan fingerprint density at radius 3 is 2.50 bits per heavy atom. The third kappa shape index (κ3) is 2.39. The molecule has 2 rings (SSSR count). The monoisotopic (exact) mass is 302 g/mol. The normalized spacial score (nSPS) is 11.8. The average Bonchev–Trinajstić information content (AvgIpc) is 2.88. The Labute approximate surface area is 112 Å². The van der Waals surface area contributed by atoms with Crippen LogP contribution in [0.4, 0.5) is 8.78 Å². The van der Waals surface area contributed by atoms with Crippen molar-refractivity contribution in [3.05, 3.63) is 42.2 Å². The van der Waals surface area contributed by atoms with Crippen LogP contribution in [0.5, 0.6) is 0 Å². The number of hydrogen-bond acceptors (Lipinski definition) is 4. The predicted molar refractivity (Wildman–Crippen MR) is 63.7 cm³/mol. The SMILES string of the molecule is O=C(O)c1cnn(-c2ccccc2S(=O)(=O)C(F)F)c1. The molecule has 0 aliphatic rings. The molecule has 2 aromatic rings. The van der Waals surface area contributed by atoms with Gasteiger partial charge in [-0.1, -0.05) is 12.1 Å². The molecule has 0 aliphatic carbocycles. The lowest BCUT2D eigenvalue weighted by molar-refractivity contribution is 0.0697. The second-order valence-corrected chi connectivity index (χ2v) is 5.64. The van der Waals surface area contributed by atoms with E-state index in [1.54, 1.807) is 0 Å². The first-order valence-corrected chi connectivity index (χ1v) is 6.78. The molecule has 0 aliphatic heterocycles. The van der Waals surface area contributed by atoms with Gasteiger partial charge in [0.05, 0.1) is 22.3 Å². The van der Waals surface area contributed by atoms with E-state index in [0.29, 0.717) is 0 Å². The minimum atomic E-state index is -4.81. The number of hydrogen-bond donors (Lipinski definition) is 1. The number of carbonyl (C=O) groups is 1. The Morgan fingerprint density at radius 2 is 1.95 bits per heavy atom. The van der Waals surface area contributed by atoms with Crippen molar-refractivity contribution in [1.82, 2.24) is 9.78 Å². The van der Waals surface area contributed by atoms with Crippen molar-refractivity contribution in [3.63, 3.8) is 0 Å². The van der Waals surface area contributed by atoms with Gasteiger partial charge in [0.2, 0.25) is 9.84 Å². The number of benzene rings is 1. The summed E-state index contributed by atoms with van der Waals surface area (Å²) in [4.78, 5) is 10.1. The van der Waals surface area contributed by atoms with E-state index in [-0.39, 0.29) is 11.3 Å². The number of carboxylic acid groups (broad SMARTS) is 1. The number of carboxylic acids is 1. The summed E-state index contributed by atoms with van der Waals surface area (Å²) in [5.41, 5.74) is -0.324. The van der Waals surface area contributed by atoms with Gasteiger partial charge in [-0.3, -0.25) is 0 Å². The number of para-hydroxylation sites is 1. The molecule has 0 atom stereocenters. The molecule has 106 valence electrons. The van der Waals surface area contributed by atoms with E-state index in [1.807, 2.05) is 0 Å². The zero-order chi connectivity index (χ0) is 14.9. The second kappa shape index (κ2) is 5.00. The van der Waals surface area contributed by atoms with E-state index in [0.717, 1.165) is 23.1 Å². The molecule has 0 saturated heterocycles. The molecular formula is C11H8F2N2O4S. The number of halogens is 2. The van der Waals surface area contributed by atoms with Crippen LogP contribution in [0.1, 0.15) is 10.4 Å². The molecule has 6 nitrogen and oxygen atoms in total. The fourth-order valence-corrected chi connectivity index (χ4v) is 2.46. The Morgan fingerprint density at radius 1 is 1.30 bits per heavy atom. The molecule has 1 aromatic heterocycles. The van der Waals surface area contributed by atoms with Crippen LogP contribution in [-0.4, -0.2) is 35.0 Å². The zero-order valence-corrected chi connectivity index (χ0v) is 10.6. The standard InChI is InChI=1S/C11H8F2N2O4S/c12-11(13)20(18,19)9-4-2-1-3-8(9)15-6-7(5-14-15)10(16)17/h1-6,11H,(H,16,17). The van der Waals surface area contributed by atoms with E-state index in [1.165, 1.54) is 18.2 Å². The van der Waals surface area contributed by atoms with Crippen molar-refractivity contribution < 1.29 is 27.1 Å². The minimum absolute atomic E-state index is 0.139. The third-order valence-corrected chi connectivity index (χ3v) is 3.91. The van der Waals surface area contributed by atoms with Crippen LogP contribution in [-0.2, 0) is 9.84 Å². The Bertz CT molecular complexity index is 755. The van der Waals surface area contributed by atoms with Crippen molar-refractivity contribution in [2.75, 3.05) is 0 Å². The van der Waals surface area contributed by atoms with Gasteiger partial charge in [0.25, 0.3) is 0 Å². The molecule has 0 radical (unpaired) electrons. The number of aromatic carboxylic acids is 1. The van der Waals surface area contributed by atoms with Crippen LogP contribution in [0.3, 0.4) is 0 Å². The summed E-state index contributed by atoms with van der Waals surface area (Å²) >= 11 is 0. The molecule has 20 heavy (non-hydrogen) atoms. The van der Waals surface area contributed by atoms with Crippen molar-refractivity contribution in [2.24, 2.45) is 0 Å². The van der Waals surface area contributed by atoms with E-state index >= 15 is 0 Å². The molecule has 9 heteroatoms. The molecule has 0 saturated carbocycles. The van der Waals surface area contributed by atoms with Gasteiger partial charge in [-0.05, 0) is 12.1 Å². The number of aromatic nitrogens is 2. The van der Waals surface area contributed by atoms with Crippen molar-refractivity contribution in [2.45, 2.75) is 10.7 Å². The number of rotatable bonds is 4. The quantitative estimate of drug-likeness (QED) is 0.926. The van der Waals surface area contributed by atoms with E-state index < -0.39 is 26.5 Å². The average molecular weight is 302 g/mol. The highest BCUT2D eigenvalue weighted by Gasteiger charge is 2.29. The van der Waals surface area contributed by atoms with Crippen LogP contribution in [0.25, 0.3) is 5.69 Å². The maximum atomic E-state index is 12.6. The summed E-state index contributed by atoms with van der Waals surface area (Å²) in [5, 5.41) is 12.4. The van der Waals surface area contributed by atoms with Gasteiger partial charge in [0, 0.05) is 6.20 Å². The van der Waals surface area contributed by atoms with Crippen LogP contribution >= 0.6 is 0 Å². The summed E-state index contributed by atoms with van der Waals surface area (Å²) in [5.74, 6) is -4.83. The zero-order valence-electron chi connectivity index (χ0n) is 9.77. The largest absolute Gasteiger partial charge is 0.478 e. The third-order valence-electron chi connectivity index (χ3n) is 2.48. The fourth-order valence-electron chi connectivity index (χ4n) is 1.55. The van der Waals surface area contributed by atoms with E-state index in [4.69, 9.17) is 5.11 Å². The Hall–Kier alpha value is -2.29. The minimum Gasteiger partial charge on any atom is -0.478 e. The number of nitrogens with zero attached hydrogens (tertiary/aromatic N) is 2. The van der Waals surface area contributed by atoms with Crippen molar-refractivity contribution in [3.8, 4) is 5.69 Å². The molecule has 0 spiro atoms. The molecule has 1 aromatic carbocycles. The predicted octanol–water partition coefficient (Wildman–Crippen LogP) is 1.57. The molecule has 1 N–H and O–H groups in total. The summed E-state index contributed by atoms with van der Waals surface area (Å²) in [6.45, 7) is 0. The van der Waals surface area contributed by atoms with Gasteiger partial charge >= 0.3 is 11.7 Å². The second-order valence-electron chi connectivity index (χ2n) is 3.75. The maximum Gasteiger partial charge on any atom is 0.341 e. The van der Waals surface area contributed by atoms with Gasteiger partial charge in [0.1, 0.15) is 0 Å². The summed E-state index contributed by atoms with van der Waals surface area (Å²) in [7, 11) is -4.81. The van der Waals surface area contributed by atoms with Gasteiger partial charge in [-0.25, -0.2) is 17.9 Å². The number of alkyl halides is 2. The molecule has 0 unspecified atom stereocenters. The van der Waals surface area contributed by atoms with E-state index in [2.05, 4.69) is 5.10 Å².